The number of benzene rings is 1. The van der Waals surface area contributed by atoms with Crippen LogP contribution in [0.25, 0.3) is 0 Å². The van der Waals surface area contributed by atoms with Crippen molar-refractivity contribution in [2.75, 3.05) is 18.8 Å². The number of nitrogens with two attached hydrogens (primary N) is 1. The molecule has 1 aliphatic heterocycles. The van der Waals surface area contributed by atoms with E-state index in [1.165, 1.54) is 31.1 Å². The summed E-state index contributed by atoms with van der Waals surface area (Å²) in [6.45, 7) is 1.99. The zero-order valence-electron chi connectivity index (χ0n) is 9.60. The molecule has 1 fully saturated rings. The second-order valence-electron chi connectivity index (χ2n) is 4.20. The summed E-state index contributed by atoms with van der Waals surface area (Å²) >= 11 is 0. The first-order valence-electron chi connectivity index (χ1n) is 5.72. The van der Waals surface area contributed by atoms with Crippen LogP contribution in [0.4, 0.5) is 5.69 Å². The maximum absolute atomic E-state index is 11.8. The summed E-state index contributed by atoms with van der Waals surface area (Å²) < 4.78 is 0. The summed E-state index contributed by atoms with van der Waals surface area (Å²) in [5.41, 5.74) is 6.31. The Hall–Kier alpha value is -1.97. The molecule has 0 spiro atoms. The van der Waals surface area contributed by atoms with Gasteiger partial charge < -0.3 is 15.7 Å². The Kier molecular flexibility index (Phi) is 3.32. The number of carbonyl (C=O) groups excluding carboxylic acids is 1. The van der Waals surface area contributed by atoms with E-state index in [0.29, 0.717) is 5.69 Å². The number of aromatic hydroxyl groups is 1. The number of phenols is 1. The Labute approximate surface area is 100 Å². The van der Waals surface area contributed by atoms with Gasteiger partial charge in [0.1, 0.15) is 5.75 Å². The molecule has 2 rings (SSSR count). The molecule has 0 aliphatic carbocycles. The van der Waals surface area contributed by atoms with Crippen molar-refractivity contribution < 1.29 is 9.90 Å². The van der Waals surface area contributed by atoms with E-state index in [0.717, 1.165) is 13.1 Å². The van der Waals surface area contributed by atoms with E-state index < -0.39 is 0 Å². The lowest BCUT2D eigenvalue weighted by molar-refractivity contribution is 0.104. The number of hydrogen-bond donors (Lipinski definition) is 2. The molecule has 1 saturated heterocycles. The van der Waals surface area contributed by atoms with E-state index in [9.17, 15) is 9.90 Å². The molecular weight excluding hydrogens is 216 g/mol. The average molecular weight is 232 g/mol. The highest BCUT2D eigenvalue weighted by molar-refractivity contribution is 6.06. The number of ketones is 1. The molecule has 0 aromatic heterocycles. The fourth-order valence-corrected chi connectivity index (χ4v) is 1.90. The van der Waals surface area contributed by atoms with E-state index >= 15 is 0 Å². The van der Waals surface area contributed by atoms with E-state index in [-0.39, 0.29) is 17.1 Å². The summed E-state index contributed by atoms with van der Waals surface area (Å²) in [5, 5.41) is 9.57. The fraction of sp³-hybridized carbons (Fsp3) is 0.308. The van der Waals surface area contributed by atoms with Crippen LogP contribution >= 0.6 is 0 Å². The number of likely N-dealkylation sites (tertiary alicyclic amines) is 1. The highest BCUT2D eigenvalue weighted by Crippen LogP contribution is 2.20. The molecule has 0 radical (unpaired) electrons. The van der Waals surface area contributed by atoms with Gasteiger partial charge in [-0.3, -0.25) is 4.79 Å². The van der Waals surface area contributed by atoms with Crippen LogP contribution in [-0.4, -0.2) is 28.9 Å². The van der Waals surface area contributed by atoms with Gasteiger partial charge in [-0.15, -0.1) is 0 Å². The molecule has 0 atom stereocenters. The standard InChI is InChI=1S/C13H16N2O2/c14-10-3-4-12(16)11(9-10)13(17)5-8-15-6-1-2-7-15/h3-5,8-9,16H,1-2,6-7,14H2. The fourth-order valence-electron chi connectivity index (χ4n) is 1.90. The zero-order valence-corrected chi connectivity index (χ0v) is 9.60. The van der Waals surface area contributed by atoms with Gasteiger partial charge in [0.2, 0.25) is 0 Å². The molecule has 17 heavy (non-hydrogen) atoms. The van der Waals surface area contributed by atoms with Crippen molar-refractivity contribution in [3.8, 4) is 5.75 Å². The van der Waals surface area contributed by atoms with Gasteiger partial charge in [0.05, 0.1) is 5.56 Å². The first-order valence-corrected chi connectivity index (χ1v) is 5.72. The predicted molar refractivity (Wildman–Crippen MR) is 66.8 cm³/mol. The number of hydrogen-bond acceptors (Lipinski definition) is 4. The summed E-state index contributed by atoms with van der Waals surface area (Å²) in [4.78, 5) is 13.9. The van der Waals surface area contributed by atoms with E-state index in [2.05, 4.69) is 4.90 Å². The molecule has 1 aliphatic rings. The summed E-state index contributed by atoms with van der Waals surface area (Å²) in [5.74, 6) is -0.253. The number of rotatable bonds is 3. The molecule has 0 bridgehead atoms. The van der Waals surface area contributed by atoms with E-state index in [1.54, 1.807) is 12.3 Å². The van der Waals surface area contributed by atoms with Crippen molar-refractivity contribution in [2.45, 2.75) is 12.8 Å². The predicted octanol–water partition coefficient (Wildman–Crippen LogP) is 1.77. The smallest absolute Gasteiger partial charge is 0.191 e. The van der Waals surface area contributed by atoms with Gasteiger partial charge in [-0.2, -0.15) is 0 Å². The van der Waals surface area contributed by atoms with Crippen molar-refractivity contribution in [1.29, 1.82) is 0 Å². The molecule has 1 aromatic carbocycles. The Balaban J connectivity index is 2.10. The molecule has 0 unspecified atom stereocenters. The lowest BCUT2D eigenvalue weighted by Crippen LogP contribution is -2.11. The topological polar surface area (TPSA) is 66.6 Å². The normalized spacial score (nSPS) is 15.6. The van der Waals surface area contributed by atoms with Gasteiger partial charge in [-0.1, -0.05) is 0 Å². The number of phenolic OH excluding ortho intramolecular Hbond substituents is 1. The van der Waals surface area contributed by atoms with Crippen LogP contribution in [-0.2, 0) is 0 Å². The van der Waals surface area contributed by atoms with Crippen molar-refractivity contribution >= 4 is 11.5 Å². The molecule has 90 valence electrons. The van der Waals surface area contributed by atoms with Crippen LogP contribution in [0.15, 0.2) is 30.5 Å². The van der Waals surface area contributed by atoms with Gasteiger partial charge >= 0.3 is 0 Å². The van der Waals surface area contributed by atoms with Crippen LogP contribution in [0.2, 0.25) is 0 Å². The van der Waals surface area contributed by atoms with Crippen LogP contribution in [0, 0.1) is 0 Å². The summed E-state index contributed by atoms with van der Waals surface area (Å²) in [6, 6.07) is 4.49. The van der Waals surface area contributed by atoms with Crippen LogP contribution in [0.3, 0.4) is 0 Å². The molecule has 1 heterocycles. The third-order valence-electron chi connectivity index (χ3n) is 2.86. The van der Waals surface area contributed by atoms with Crippen molar-refractivity contribution in [1.82, 2.24) is 4.90 Å². The van der Waals surface area contributed by atoms with Gasteiger partial charge in [-0.25, -0.2) is 0 Å². The lowest BCUT2D eigenvalue weighted by atomic mass is 10.1. The molecule has 0 saturated carbocycles. The van der Waals surface area contributed by atoms with Gasteiger partial charge in [0.15, 0.2) is 5.78 Å². The zero-order chi connectivity index (χ0) is 12.3. The van der Waals surface area contributed by atoms with Crippen molar-refractivity contribution in [2.24, 2.45) is 0 Å². The maximum Gasteiger partial charge on any atom is 0.191 e. The quantitative estimate of drug-likeness (QED) is 0.361. The van der Waals surface area contributed by atoms with E-state index in [1.807, 2.05) is 0 Å². The maximum atomic E-state index is 11.8. The van der Waals surface area contributed by atoms with Crippen LogP contribution < -0.4 is 5.73 Å². The Morgan fingerprint density at radius 3 is 2.76 bits per heavy atom. The van der Waals surface area contributed by atoms with Gasteiger partial charge in [0, 0.05) is 31.1 Å². The lowest BCUT2D eigenvalue weighted by Gasteiger charge is -2.09. The average Bonchev–Trinajstić information content (AvgIpc) is 2.82. The second kappa shape index (κ2) is 4.91. The largest absolute Gasteiger partial charge is 0.507 e. The van der Waals surface area contributed by atoms with E-state index in [4.69, 9.17) is 5.73 Å². The Morgan fingerprint density at radius 1 is 1.35 bits per heavy atom. The molecule has 3 N–H and O–H groups in total. The monoisotopic (exact) mass is 232 g/mol. The third kappa shape index (κ3) is 2.78. The third-order valence-corrected chi connectivity index (χ3v) is 2.86. The summed E-state index contributed by atoms with van der Waals surface area (Å²) in [6.07, 6.45) is 5.61. The molecule has 4 heteroatoms. The SMILES string of the molecule is Nc1ccc(O)c(C(=O)C=CN2CCCC2)c1. The number of anilines is 1. The molecule has 0 amide bonds. The van der Waals surface area contributed by atoms with Crippen LogP contribution in [0.5, 0.6) is 5.75 Å². The summed E-state index contributed by atoms with van der Waals surface area (Å²) in [7, 11) is 0. The Morgan fingerprint density at radius 2 is 2.06 bits per heavy atom. The highest BCUT2D eigenvalue weighted by atomic mass is 16.3. The molecular formula is C13H16N2O2. The van der Waals surface area contributed by atoms with Crippen LogP contribution in [0.1, 0.15) is 23.2 Å². The first kappa shape index (κ1) is 11.5. The minimum atomic E-state index is -0.221. The number of nitrogens with zero attached hydrogens (tertiary/aromatic N) is 1. The van der Waals surface area contributed by atoms with Crippen molar-refractivity contribution in [3.63, 3.8) is 0 Å². The second-order valence-corrected chi connectivity index (χ2v) is 4.20. The molecule has 4 nitrogen and oxygen atoms in total. The molecule has 1 aromatic rings. The number of nitrogen functional groups attached to an aromatic ring is 1. The minimum absolute atomic E-state index is 0.0322. The highest BCUT2D eigenvalue weighted by Gasteiger charge is 2.10. The first-order chi connectivity index (χ1) is 8.16. The van der Waals surface area contributed by atoms with Gasteiger partial charge in [-0.05, 0) is 31.0 Å². The number of carbonyl (C=O) groups is 1. The van der Waals surface area contributed by atoms with Crippen molar-refractivity contribution in [3.05, 3.63) is 36.0 Å². The number of allylic oxidation sites excluding steroid dienone is 1. The van der Waals surface area contributed by atoms with Gasteiger partial charge in [0.25, 0.3) is 0 Å². The Bertz CT molecular complexity index is 449. The minimum Gasteiger partial charge on any atom is -0.507 e.